The first-order valence-corrected chi connectivity index (χ1v) is 31.4. The van der Waals surface area contributed by atoms with Crippen LogP contribution in [0.15, 0.2) is 72.9 Å². The van der Waals surface area contributed by atoms with E-state index in [0.29, 0.717) is 19.3 Å². The fourth-order valence-electron chi connectivity index (χ4n) is 8.96. The topological polar surface area (TPSA) is 78.9 Å². The lowest BCUT2D eigenvalue weighted by atomic mass is 10.0. The molecule has 0 aliphatic carbocycles. The Morgan fingerprint density at radius 2 is 0.575 bits per heavy atom. The fraction of sp³-hybridized carbons (Fsp3) is 0.776. The van der Waals surface area contributed by atoms with Gasteiger partial charge in [0.15, 0.2) is 6.10 Å². The van der Waals surface area contributed by atoms with Crippen molar-refractivity contribution in [2.24, 2.45) is 0 Å². The molecule has 1 atom stereocenters. The largest absolute Gasteiger partial charge is 0.462 e. The summed E-state index contributed by atoms with van der Waals surface area (Å²) in [6, 6.07) is 0. The van der Waals surface area contributed by atoms with Crippen molar-refractivity contribution in [3.8, 4) is 0 Å². The van der Waals surface area contributed by atoms with E-state index in [9.17, 15) is 14.4 Å². The van der Waals surface area contributed by atoms with E-state index in [1.165, 1.54) is 193 Å². The van der Waals surface area contributed by atoms with E-state index < -0.39 is 6.10 Å². The van der Waals surface area contributed by atoms with Crippen molar-refractivity contribution in [3.05, 3.63) is 72.9 Å². The van der Waals surface area contributed by atoms with Gasteiger partial charge in [-0.15, -0.1) is 0 Å². The molecular weight excluding hydrogens is 901 g/mol. The Kier molecular flexibility index (Phi) is 58.7. The summed E-state index contributed by atoms with van der Waals surface area (Å²) in [5, 5.41) is 0. The summed E-state index contributed by atoms with van der Waals surface area (Å²) in [5.74, 6) is -0.988. The number of esters is 3. The number of ether oxygens (including phenoxy) is 3. The molecule has 1 unspecified atom stereocenters. The molecule has 73 heavy (non-hydrogen) atoms. The van der Waals surface area contributed by atoms with Crippen LogP contribution in [0.25, 0.3) is 0 Å². The van der Waals surface area contributed by atoms with Crippen LogP contribution >= 0.6 is 0 Å². The van der Waals surface area contributed by atoms with E-state index in [1.807, 2.05) is 6.08 Å². The molecule has 0 aromatic rings. The number of hydrogen-bond acceptors (Lipinski definition) is 6. The van der Waals surface area contributed by atoms with Gasteiger partial charge in [0.05, 0.1) is 0 Å². The molecule has 0 saturated carbocycles. The molecule has 0 radical (unpaired) electrons. The second-order valence-corrected chi connectivity index (χ2v) is 20.9. The first-order chi connectivity index (χ1) is 36.0. The molecule has 0 spiro atoms. The number of carbonyl (C=O) groups is 3. The van der Waals surface area contributed by atoms with Gasteiger partial charge in [0.25, 0.3) is 0 Å². The third-order valence-electron chi connectivity index (χ3n) is 13.7. The molecule has 0 fully saturated rings. The van der Waals surface area contributed by atoms with E-state index in [2.05, 4.69) is 87.6 Å². The highest BCUT2D eigenvalue weighted by Gasteiger charge is 2.19. The average Bonchev–Trinajstić information content (AvgIpc) is 3.39. The lowest BCUT2D eigenvalue weighted by molar-refractivity contribution is -0.166. The van der Waals surface area contributed by atoms with E-state index in [4.69, 9.17) is 14.2 Å². The summed E-state index contributed by atoms with van der Waals surface area (Å²) in [4.78, 5) is 38.0. The predicted octanol–water partition coefficient (Wildman–Crippen LogP) is 21.3. The lowest BCUT2D eigenvalue weighted by Crippen LogP contribution is -2.30. The highest BCUT2D eigenvalue weighted by Crippen LogP contribution is 2.17. The standard InChI is InChI=1S/C67H118O6/c1-4-7-10-13-16-19-22-24-25-26-27-28-29-30-31-32-33-34-35-36-37-38-39-40-41-43-45-48-51-54-57-60-66(69)72-63-64(62-71-65(68)59-56-53-50-47-44-21-18-15-12-9-6-3)73-67(70)61-58-55-52-49-46-42-23-20-17-14-11-8-5-2/h8,11,15,17-18,20,26-27,42,46,52,55,64H,4-7,9-10,12-14,16,19,21-25,28-41,43-45,47-51,53-54,56-63H2,1-3H3/b11-8-,18-15-,20-17-,27-26-,46-42-,55-52-. The SMILES string of the molecule is CC/C=C\C/C=C\C/C=C\C/C=C\CCC(=O)OC(COC(=O)CCCCCCC/C=C\CCCC)COC(=O)CCCCCCCCCCCCCCCCCCCCC/C=C\CCCCCCCCCC. The number of allylic oxidation sites excluding steroid dienone is 12. The summed E-state index contributed by atoms with van der Waals surface area (Å²) in [5.41, 5.74) is 0. The van der Waals surface area contributed by atoms with Gasteiger partial charge in [-0.05, 0) is 89.9 Å². The maximum absolute atomic E-state index is 12.8. The van der Waals surface area contributed by atoms with Crippen molar-refractivity contribution in [1.29, 1.82) is 0 Å². The summed E-state index contributed by atoms with van der Waals surface area (Å²) in [6.07, 6.45) is 79.6. The van der Waals surface area contributed by atoms with Crippen molar-refractivity contribution >= 4 is 17.9 Å². The Bertz CT molecular complexity index is 1360. The third-order valence-corrected chi connectivity index (χ3v) is 13.7. The van der Waals surface area contributed by atoms with Crippen LogP contribution in [-0.2, 0) is 28.6 Å². The first-order valence-electron chi connectivity index (χ1n) is 31.4. The van der Waals surface area contributed by atoms with Gasteiger partial charge in [-0.3, -0.25) is 14.4 Å². The molecule has 0 N–H and O–H groups in total. The Morgan fingerprint density at radius 3 is 0.932 bits per heavy atom. The van der Waals surface area contributed by atoms with Crippen LogP contribution in [0, 0.1) is 0 Å². The molecule has 0 amide bonds. The van der Waals surface area contributed by atoms with E-state index in [-0.39, 0.29) is 37.5 Å². The van der Waals surface area contributed by atoms with Gasteiger partial charge < -0.3 is 14.2 Å². The normalized spacial score (nSPS) is 12.5. The Hall–Kier alpha value is -3.15. The highest BCUT2D eigenvalue weighted by molar-refractivity contribution is 5.71. The molecular formula is C67H118O6. The highest BCUT2D eigenvalue weighted by atomic mass is 16.6. The van der Waals surface area contributed by atoms with Crippen molar-refractivity contribution in [2.75, 3.05) is 13.2 Å². The molecule has 6 heteroatoms. The fourth-order valence-corrected chi connectivity index (χ4v) is 8.96. The van der Waals surface area contributed by atoms with Crippen LogP contribution in [0.3, 0.4) is 0 Å². The zero-order chi connectivity index (χ0) is 52.9. The number of unbranched alkanes of at least 4 members (excludes halogenated alkanes) is 34. The summed E-state index contributed by atoms with van der Waals surface area (Å²) in [6.45, 7) is 6.44. The molecule has 0 heterocycles. The van der Waals surface area contributed by atoms with Crippen LogP contribution in [-0.4, -0.2) is 37.2 Å². The molecule has 0 bridgehead atoms. The third kappa shape index (κ3) is 59.6. The van der Waals surface area contributed by atoms with Crippen LogP contribution in [0.2, 0.25) is 0 Å². The van der Waals surface area contributed by atoms with Gasteiger partial charge in [0.1, 0.15) is 13.2 Å². The Balaban J connectivity index is 4.11. The monoisotopic (exact) mass is 1020 g/mol. The van der Waals surface area contributed by atoms with Crippen molar-refractivity contribution in [1.82, 2.24) is 0 Å². The summed E-state index contributed by atoms with van der Waals surface area (Å²) < 4.78 is 16.8. The van der Waals surface area contributed by atoms with Gasteiger partial charge in [0.2, 0.25) is 0 Å². The molecule has 0 rings (SSSR count). The van der Waals surface area contributed by atoms with Crippen molar-refractivity contribution < 1.29 is 28.6 Å². The minimum Gasteiger partial charge on any atom is -0.462 e. The van der Waals surface area contributed by atoms with Crippen molar-refractivity contribution in [2.45, 2.75) is 322 Å². The maximum atomic E-state index is 12.8. The van der Waals surface area contributed by atoms with Gasteiger partial charge in [-0.1, -0.05) is 280 Å². The molecule has 0 saturated heterocycles. The summed E-state index contributed by atoms with van der Waals surface area (Å²) >= 11 is 0. The molecule has 6 nitrogen and oxygen atoms in total. The minimum atomic E-state index is -0.815. The van der Waals surface area contributed by atoms with Crippen molar-refractivity contribution in [3.63, 3.8) is 0 Å². The molecule has 422 valence electrons. The van der Waals surface area contributed by atoms with Gasteiger partial charge in [-0.25, -0.2) is 0 Å². The van der Waals surface area contributed by atoms with Gasteiger partial charge in [0, 0.05) is 19.3 Å². The smallest absolute Gasteiger partial charge is 0.306 e. The van der Waals surface area contributed by atoms with Crippen LogP contribution < -0.4 is 0 Å². The predicted molar refractivity (Wildman–Crippen MR) is 316 cm³/mol. The Labute approximate surface area is 453 Å². The molecule has 0 aromatic heterocycles. The van der Waals surface area contributed by atoms with Crippen LogP contribution in [0.5, 0.6) is 0 Å². The average molecular weight is 1020 g/mol. The molecule has 0 aliphatic heterocycles. The number of hydrogen-bond donors (Lipinski definition) is 0. The quantitative estimate of drug-likeness (QED) is 0.0261. The Morgan fingerprint density at radius 1 is 0.288 bits per heavy atom. The first kappa shape index (κ1) is 69.8. The van der Waals surface area contributed by atoms with E-state index in [1.54, 1.807) is 0 Å². The summed E-state index contributed by atoms with van der Waals surface area (Å²) in [7, 11) is 0. The lowest BCUT2D eigenvalue weighted by Gasteiger charge is -2.18. The second kappa shape index (κ2) is 61.4. The zero-order valence-electron chi connectivity index (χ0n) is 48.4. The van der Waals surface area contributed by atoms with Crippen LogP contribution in [0.1, 0.15) is 316 Å². The van der Waals surface area contributed by atoms with E-state index >= 15 is 0 Å². The van der Waals surface area contributed by atoms with E-state index in [0.717, 1.165) is 77.0 Å². The number of rotatable bonds is 57. The molecule has 0 aliphatic rings. The van der Waals surface area contributed by atoms with Gasteiger partial charge >= 0.3 is 17.9 Å². The zero-order valence-corrected chi connectivity index (χ0v) is 48.4. The van der Waals surface area contributed by atoms with Gasteiger partial charge in [-0.2, -0.15) is 0 Å². The minimum absolute atomic E-state index is 0.104. The molecule has 0 aromatic carbocycles. The number of carbonyl (C=O) groups excluding carboxylic acids is 3. The second-order valence-electron chi connectivity index (χ2n) is 20.9. The maximum Gasteiger partial charge on any atom is 0.306 e. The van der Waals surface area contributed by atoms with Crippen LogP contribution in [0.4, 0.5) is 0 Å².